The summed E-state index contributed by atoms with van der Waals surface area (Å²) in [7, 11) is 1.47. The quantitative estimate of drug-likeness (QED) is 0.242. The van der Waals surface area contributed by atoms with Crippen molar-refractivity contribution in [3.05, 3.63) is 41.5 Å². The number of methoxy groups -OCH3 is 1. The molecule has 0 bridgehead atoms. The van der Waals surface area contributed by atoms with Crippen molar-refractivity contribution in [1.29, 1.82) is 0 Å². The summed E-state index contributed by atoms with van der Waals surface area (Å²) in [5.74, 6) is 2.38. The second-order valence-corrected chi connectivity index (χ2v) is 10.0. The van der Waals surface area contributed by atoms with Gasteiger partial charge in [0.1, 0.15) is 17.4 Å². The maximum absolute atomic E-state index is 14.2. The van der Waals surface area contributed by atoms with Gasteiger partial charge in [0.05, 0.1) is 13.8 Å². The van der Waals surface area contributed by atoms with Crippen LogP contribution in [-0.4, -0.2) is 13.8 Å². The molecule has 0 saturated heterocycles. The summed E-state index contributed by atoms with van der Waals surface area (Å²) in [6.45, 7) is -0.183. The number of hydrogen-bond acceptors (Lipinski definition) is 1. The van der Waals surface area contributed by atoms with E-state index in [-0.39, 0.29) is 6.67 Å². The Bertz CT molecular complexity index is 701. The molecule has 0 unspecified atom stereocenters. The average molecular weight is 451 g/mol. The van der Waals surface area contributed by atoms with Crippen LogP contribution in [0.1, 0.15) is 89.0 Å². The van der Waals surface area contributed by atoms with E-state index >= 15 is 0 Å². The molecule has 2 saturated carbocycles. The molecule has 0 aromatic heterocycles. The predicted molar refractivity (Wildman–Crippen MR) is 126 cm³/mol. The lowest BCUT2D eigenvalue weighted by Gasteiger charge is -2.37. The summed E-state index contributed by atoms with van der Waals surface area (Å²) < 4.78 is 44.9. The molecular weight excluding hydrogens is 409 g/mol. The van der Waals surface area contributed by atoms with Crippen molar-refractivity contribution in [3.63, 3.8) is 0 Å². The number of benzene rings is 1. The van der Waals surface area contributed by atoms with Crippen LogP contribution in [0, 0.1) is 35.3 Å². The minimum atomic E-state index is -0.581. The molecule has 0 heterocycles. The van der Waals surface area contributed by atoms with Gasteiger partial charge in [-0.3, -0.25) is 4.39 Å². The van der Waals surface area contributed by atoms with Crippen LogP contribution in [0.25, 0.3) is 0 Å². The molecule has 32 heavy (non-hydrogen) atoms. The van der Waals surface area contributed by atoms with E-state index in [4.69, 9.17) is 4.74 Å². The minimum Gasteiger partial charge on any atom is -0.496 e. The zero-order valence-electron chi connectivity index (χ0n) is 19.8. The van der Waals surface area contributed by atoms with Crippen LogP contribution in [0.3, 0.4) is 0 Å². The van der Waals surface area contributed by atoms with E-state index in [2.05, 4.69) is 12.2 Å². The number of rotatable bonds is 11. The fourth-order valence-corrected chi connectivity index (χ4v) is 5.93. The lowest BCUT2D eigenvalue weighted by Crippen LogP contribution is -2.25. The van der Waals surface area contributed by atoms with Crippen molar-refractivity contribution >= 4 is 0 Å². The predicted octanol–water partition coefficient (Wildman–Crippen LogP) is 8.60. The summed E-state index contributed by atoms with van der Waals surface area (Å²) in [5.41, 5.74) is 0.518. The second-order valence-electron chi connectivity index (χ2n) is 10.0. The Balaban J connectivity index is 1.35. The van der Waals surface area contributed by atoms with E-state index in [0.717, 1.165) is 49.5 Å². The maximum Gasteiger partial charge on any atom is 0.133 e. The van der Waals surface area contributed by atoms with Crippen molar-refractivity contribution in [2.75, 3.05) is 13.8 Å². The van der Waals surface area contributed by atoms with Crippen LogP contribution >= 0.6 is 0 Å². The zero-order chi connectivity index (χ0) is 22.8. The molecule has 2 fully saturated rings. The first-order chi connectivity index (χ1) is 15.6. The SMILES string of the molecule is COc1cc(F)cc(F)c1CCC1CCC(C2CCC(C=CCCCCCF)CC2)CC1. The summed E-state index contributed by atoms with van der Waals surface area (Å²) in [4.78, 5) is 0. The first-order valence-corrected chi connectivity index (χ1v) is 12.8. The standard InChI is InChI=1S/C28H41F3O/c1-32-28-20-25(30)19-27(31)26(28)17-12-22-10-15-24(16-11-22)23-13-8-21(9-14-23)7-5-3-2-4-6-18-29/h5,7,19-24H,2-4,6,8-18H2,1H3. The summed E-state index contributed by atoms with van der Waals surface area (Å²) >= 11 is 0. The fraction of sp³-hybridized carbons (Fsp3) is 0.714. The Kier molecular flexibility index (Phi) is 10.5. The van der Waals surface area contributed by atoms with E-state index in [1.807, 2.05) is 0 Å². The molecule has 1 nitrogen and oxygen atoms in total. The van der Waals surface area contributed by atoms with Crippen molar-refractivity contribution in [2.45, 2.75) is 89.9 Å². The normalized spacial score (nSPS) is 26.5. The Morgan fingerprint density at radius 2 is 1.59 bits per heavy atom. The molecule has 0 aliphatic heterocycles. The number of allylic oxidation sites excluding steroid dienone is 2. The van der Waals surface area contributed by atoms with Crippen molar-refractivity contribution in [2.24, 2.45) is 23.7 Å². The highest BCUT2D eigenvalue weighted by Crippen LogP contribution is 2.42. The Morgan fingerprint density at radius 3 is 2.25 bits per heavy atom. The largest absolute Gasteiger partial charge is 0.496 e. The highest BCUT2D eigenvalue weighted by atomic mass is 19.1. The third-order valence-corrected chi connectivity index (χ3v) is 7.93. The van der Waals surface area contributed by atoms with Gasteiger partial charge in [0.25, 0.3) is 0 Å². The van der Waals surface area contributed by atoms with Gasteiger partial charge < -0.3 is 4.74 Å². The van der Waals surface area contributed by atoms with Crippen molar-refractivity contribution < 1.29 is 17.9 Å². The topological polar surface area (TPSA) is 9.23 Å². The Hall–Kier alpha value is -1.45. The molecule has 2 aliphatic rings. The van der Waals surface area contributed by atoms with Gasteiger partial charge >= 0.3 is 0 Å². The molecule has 180 valence electrons. The van der Waals surface area contributed by atoms with Crippen molar-refractivity contribution in [1.82, 2.24) is 0 Å². The number of halogens is 3. The number of ether oxygens (including phenoxy) is 1. The van der Waals surface area contributed by atoms with Crippen LogP contribution in [0.15, 0.2) is 24.3 Å². The van der Waals surface area contributed by atoms with E-state index in [0.29, 0.717) is 30.1 Å². The van der Waals surface area contributed by atoms with E-state index in [1.165, 1.54) is 64.5 Å². The molecule has 1 aromatic carbocycles. The highest BCUT2D eigenvalue weighted by Gasteiger charge is 2.30. The Labute approximate surface area is 192 Å². The van der Waals surface area contributed by atoms with E-state index < -0.39 is 11.6 Å². The molecule has 0 amide bonds. The number of unbranched alkanes of at least 4 members (excludes halogenated alkanes) is 3. The van der Waals surface area contributed by atoms with Crippen LogP contribution < -0.4 is 4.74 Å². The molecule has 0 N–H and O–H groups in total. The molecule has 0 spiro atoms. The van der Waals surface area contributed by atoms with Gasteiger partial charge in [0.2, 0.25) is 0 Å². The molecule has 0 radical (unpaired) electrons. The van der Waals surface area contributed by atoms with Gasteiger partial charge in [-0.05, 0) is 94.3 Å². The van der Waals surface area contributed by atoms with Gasteiger partial charge in [-0.1, -0.05) is 31.4 Å². The first kappa shape index (κ1) is 25.2. The van der Waals surface area contributed by atoms with Crippen LogP contribution in [-0.2, 0) is 6.42 Å². The monoisotopic (exact) mass is 450 g/mol. The lowest BCUT2D eigenvalue weighted by atomic mass is 9.68. The summed E-state index contributed by atoms with van der Waals surface area (Å²) in [6, 6.07) is 2.25. The molecule has 0 atom stereocenters. The molecule has 4 heteroatoms. The van der Waals surface area contributed by atoms with Crippen LogP contribution in [0.2, 0.25) is 0 Å². The fourth-order valence-electron chi connectivity index (χ4n) is 5.93. The van der Waals surface area contributed by atoms with E-state index in [1.54, 1.807) is 0 Å². The van der Waals surface area contributed by atoms with Gasteiger partial charge in [-0.2, -0.15) is 0 Å². The van der Waals surface area contributed by atoms with Crippen LogP contribution in [0.4, 0.5) is 13.2 Å². The third kappa shape index (κ3) is 7.56. The Morgan fingerprint density at radius 1 is 0.906 bits per heavy atom. The zero-order valence-corrected chi connectivity index (χ0v) is 19.8. The van der Waals surface area contributed by atoms with Gasteiger partial charge in [0, 0.05) is 17.7 Å². The van der Waals surface area contributed by atoms with Gasteiger partial charge in [-0.25, -0.2) is 8.78 Å². The lowest BCUT2D eigenvalue weighted by molar-refractivity contribution is 0.152. The maximum atomic E-state index is 14.2. The summed E-state index contributed by atoms with van der Waals surface area (Å²) in [6.07, 6.45) is 20.6. The molecular formula is C28H41F3O. The highest BCUT2D eigenvalue weighted by molar-refractivity contribution is 5.35. The molecule has 1 aromatic rings. The van der Waals surface area contributed by atoms with Gasteiger partial charge in [-0.15, -0.1) is 0 Å². The van der Waals surface area contributed by atoms with Crippen molar-refractivity contribution in [3.8, 4) is 5.75 Å². The van der Waals surface area contributed by atoms with E-state index in [9.17, 15) is 13.2 Å². The first-order valence-electron chi connectivity index (χ1n) is 12.8. The third-order valence-electron chi connectivity index (χ3n) is 7.93. The molecule has 2 aliphatic carbocycles. The second kappa shape index (κ2) is 13.3. The smallest absolute Gasteiger partial charge is 0.133 e. The van der Waals surface area contributed by atoms with Crippen LogP contribution in [0.5, 0.6) is 5.75 Å². The summed E-state index contributed by atoms with van der Waals surface area (Å²) in [5, 5.41) is 0. The average Bonchev–Trinajstić information content (AvgIpc) is 2.81. The van der Waals surface area contributed by atoms with Gasteiger partial charge in [0.15, 0.2) is 0 Å². The number of alkyl halides is 1. The minimum absolute atomic E-state index is 0.183. The number of hydrogen-bond donors (Lipinski definition) is 0. The molecule has 3 rings (SSSR count).